The van der Waals surface area contributed by atoms with Gasteiger partial charge in [0.25, 0.3) is 5.56 Å². The number of nitrogens with zero attached hydrogens (tertiary/aromatic N) is 4. The van der Waals surface area contributed by atoms with Crippen molar-refractivity contribution in [2.45, 2.75) is 31.2 Å². The summed E-state index contributed by atoms with van der Waals surface area (Å²) in [7, 11) is 2.97. The van der Waals surface area contributed by atoms with Crippen LogP contribution in [0.1, 0.15) is 26.6 Å². The van der Waals surface area contributed by atoms with Crippen molar-refractivity contribution in [3.63, 3.8) is 0 Å². The van der Waals surface area contributed by atoms with Gasteiger partial charge in [0.1, 0.15) is 29.5 Å². The van der Waals surface area contributed by atoms with E-state index in [0.29, 0.717) is 41.3 Å². The lowest BCUT2D eigenvalue weighted by molar-refractivity contribution is -0.113. The Hall–Kier alpha value is -3.34. The van der Waals surface area contributed by atoms with E-state index in [1.165, 1.54) is 11.6 Å². The standard InChI is InChI=1S/C22H25N5O5S/c1-22(2,3)20-24-17-16(19(29)27(5)21(30)26(17)4)18(25-20)33-11-15(28)23-12-6-7-13-14(10-12)32-9-8-31-13/h6-7,10H,8-9,11H2,1-5H3,(H,23,28). The molecule has 3 aromatic rings. The van der Waals surface area contributed by atoms with Gasteiger partial charge in [0.2, 0.25) is 5.91 Å². The van der Waals surface area contributed by atoms with Gasteiger partial charge >= 0.3 is 5.69 Å². The van der Waals surface area contributed by atoms with Gasteiger partial charge in [-0.1, -0.05) is 32.5 Å². The Kier molecular flexibility index (Phi) is 5.91. The van der Waals surface area contributed by atoms with Crippen LogP contribution in [-0.2, 0) is 24.3 Å². The zero-order valence-corrected chi connectivity index (χ0v) is 19.9. The summed E-state index contributed by atoms with van der Waals surface area (Å²) in [6.07, 6.45) is 0. The molecule has 0 aliphatic carbocycles. The van der Waals surface area contributed by atoms with Crippen molar-refractivity contribution in [1.29, 1.82) is 0 Å². The van der Waals surface area contributed by atoms with Gasteiger partial charge in [0, 0.05) is 31.3 Å². The number of anilines is 1. The Morgan fingerprint density at radius 1 is 1.09 bits per heavy atom. The average Bonchev–Trinajstić information content (AvgIpc) is 2.78. The summed E-state index contributed by atoms with van der Waals surface area (Å²) in [6.45, 7) is 6.77. The molecular weight excluding hydrogens is 446 g/mol. The molecule has 0 fully saturated rings. The molecule has 0 saturated heterocycles. The van der Waals surface area contributed by atoms with Crippen molar-refractivity contribution in [3.8, 4) is 11.5 Å². The fourth-order valence-electron chi connectivity index (χ4n) is 3.32. The van der Waals surface area contributed by atoms with Crippen LogP contribution in [-0.4, -0.2) is 44.0 Å². The molecule has 11 heteroatoms. The smallest absolute Gasteiger partial charge is 0.332 e. The Balaban J connectivity index is 1.64. The molecule has 0 unspecified atom stereocenters. The van der Waals surface area contributed by atoms with E-state index in [9.17, 15) is 14.4 Å². The van der Waals surface area contributed by atoms with Gasteiger partial charge in [-0.3, -0.25) is 18.7 Å². The van der Waals surface area contributed by atoms with E-state index in [1.54, 1.807) is 25.2 Å². The summed E-state index contributed by atoms with van der Waals surface area (Å²) in [5.41, 5.74) is -0.570. The highest BCUT2D eigenvalue weighted by atomic mass is 32.2. The zero-order valence-electron chi connectivity index (χ0n) is 19.1. The minimum absolute atomic E-state index is 0.0101. The van der Waals surface area contributed by atoms with Gasteiger partial charge in [-0.25, -0.2) is 14.8 Å². The van der Waals surface area contributed by atoms with Gasteiger partial charge < -0.3 is 14.8 Å². The van der Waals surface area contributed by atoms with E-state index in [4.69, 9.17) is 9.47 Å². The van der Waals surface area contributed by atoms with Crippen molar-refractivity contribution < 1.29 is 14.3 Å². The van der Waals surface area contributed by atoms with Gasteiger partial charge in [0.15, 0.2) is 17.1 Å². The van der Waals surface area contributed by atoms with Crippen LogP contribution in [0, 0.1) is 0 Å². The van der Waals surface area contributed by atoms with E-state index in [1.807, 2.05) is 20.8 Å². The fourth-order valence-corrected chi connectivity index (χ4v) is 4.13. The lowest BCUT2D eigenvalue weighted by Gasteiger charge is -2.19. The van der Waals surface area contributed by atoms with Gasteiger partial charge in [0.05, 0.1) is 5.75 Å². The molecule has 0 spiro atoms. The molecule has 0 bridgehead atoms. The minimum Gasteiger partial charge on any atom is -0.486 e. The highest BCUT2D eigenvalue weighted by molar-refractivity contribution is 8.00. The third-order valence-electron chi connectivity index (χ3n) is 5.10. The number of fused-ring (bicyclic) bond motifs is 2. The van der Waals surface area contributed by atoms with Crippen molar-refractivity contribution in [1.82, 2.24) is 19.1 Å². The first-order valence-corrected chi connectivity index (χ1v) is 11.4. The maximum Gasteiger partial charge on any atom is 0.332 e. The quantitative estimate of drug-likeness (QED) is 0.452. The number of ether oxygens (including phenoxy) is 2. The first-order valence-electron chi connectivity index (χ1n) is 10.4. The number of hydrogen-bond donors (Lipinski definition) is 1. The van der Waals surface area contributed by atoms with Crippen LogP contribution < -0.4 is 26.0 Å². The second-order valence-electron chi connectivity index (χ2n) is 8.70. The van der Waals surface area contributed by atoms with Crippen LogP contribution >= 0.6 is 11.8 Å². The largest absolute Gasteiger partial charge is 0.486 e. The first kappa shape index (κ1) is 22.8. The Bertz CT molecular complexity index is 1370. The highest BCUT2D eigenvalue weighted by Crippen LogP contribution is 2.33. The molecule has 33 heavy (non-hydrogen) atoms. The van der Waals surface area contributed by atoms with E-state index >= 15 is 0 Å². The minimum atomic E-state index is -0.497. The molecule has 10 nitrogen and oxygen atoms in total. The predicted octanol–water partition coefficient (Wildman–Crippen LogP) is 1.83. The van der Waals surface area contributed by atoms with E-state index in [0.717, 1.165) is 16.3 Å². The summed E-state index contributed by atoms with van der Waals surface area (Å²) in [4.78, 5) is 47.1. The highest BCUT2D eigenvalue weighted by Gasteiger charge is 2.24. The number of aromatic nitrogens is 4. The van der Waals surface area contributed by atoms with Crippen molar-refractivity contribution >= 4 is 34.4 Å². The molecule has 0 radical (unpaired) electrons. The number of rotatable bonds is 4. The summed E-state index contributed by atoms with van der Waals surface area (Å²) < 4.78 is 13.4. The topological polar surface area (TPSA) is 117 Å². The molecule has 2 aromatic heterocycles. The Labute approximate surface area is 193 Å². The monoisotopic (exact) mass is 471 g/mol. The molecule has 0 atom stereocenters. The molecule has 1 N–H and O–H groups in total. The van der Waals surface area contributed by atoms with E-state index < -0.39 is 16.7 Å². The second-order valence-corrected chi connectivity index (χ2v) is 9.67. The number of carbonyl (C=O) groups is 1. The lowest BCUT2D eigenvalue weighted by atomic mass is 9.96. The second kappa shape index (κ2) is 8.54. The molecule has 4 rings (SSSR count). The van der Waals surface area contributed by atoms with E-state index in [2.05, 4.69) is 15.3 Å². The third-order valence-corrected chi connectivity index (χ3v) is 6.08. The fraction of sp³-hybridized carbons (Fsp3) is 0.409. The number of benzene rings is 1. The number of aryl methyl sites for hydroxylation is 1. The van der Waals surface area contributed by atoms with Crippen molar-refractivity contribution in [2.24, 2.45) is 14.1 Å². The molecule has 1 aliphatic heterocycles. The van der Waals surface area contributed by atoms with Crippen LogP contribution in [0.2, 0.25) is 0 Å². The molecule has 3 heterocycles. The molecule has 0 saturated carbocycles. The van der Waals surface area contributed by atoms with Crippen LogP contribution in [0.15, 0.2) is 32.8 Å². The van der Waals surface area contributed by atoms with Gasteiger partial charge in [-0.2, -0.15) is 0 Å². The van der Waals surface area contributed by atoms with Crippen LogP contribution in [0.3, 0.4) is 0 Å². The molecular formula is C22H25N5O5S. The average molecular weight is 472 g/mol. The number of hydrogen-bond acceptors (Lipinski definition) is 8. The maximum atomic E-state index is 12.9. The summed E-state index contributed by atoms with van der Waals surface area (Å²) in [5, 5.41) is 3.40. The SMILES string of the molecule is Cn1c(=O)c2c(SCC(=O)Nc3ccc4c(c3)OCCO4)nc(C(C)(C)C)nc2n(C)c1=O. The first-order chi connectivity index (χ1) is 15.6. The van der Waals surface area contributed by atoms with Crippen LogP contribution in [0.5, 0.6) is 11.5 Å². The van der Waals surface area contributed by atoms with Gasteiger partial charge in [-0.15, -0.1) is 0 Å². The summed E-state index contributed by atoms with van der Waals surface area (Å²) >= 11 is 1.13. The van der Waals surface area contributed by atoms with Crippen molar-refractivity contribution in [2.75, 3.05) is 24.3 Å². The van der Waals surface area contributed by atoms with Crippen molar-refractivity contribution in [3.05, 3.63) is 44.9 Å². The third kappa shape index (κ3) is 4.45. The Morgan fingerprint density at radius 2 is 1.79 bits per heavy atom. The normalized spacial score (nSPS) is 13.2. The Morgan fingerprint density at radius 3 is 2.48 bits per heavy atom. The van der Waals surface area contributed by atoms with Gasteiger partial charge in [-0.05, 0) is 12.1 Å². The predicted molar refractivity (Wildman–Crippen MR) is 126 cm³/mol. The number of amides is 1. The lowest BCUT2D eigenvalue weighted by Crippen LogP contribution is -2.38. The summed E-state index contributed by atoms with van der Waals surface area (Å²) in [5.74, 6) is 1.43. The summed E-state index contributed by atoms with van der Waals surface area (Å²) in [6, 6.07) is 5.19. The van der Waals surface area contributed by atoms with Crippen LogP contribution in [0.25, 0.3) is 11.0 Å². The van der Waals surface area contributed by atoms with Crippen LogP contribution in [0.4, 0.5) is 5.69 Å². The van der Waals surface area contributed by atoms with E-state index in [-0.39, 0.29) is 22.7 Å². The number of carbonyl (C=O) groups excluding carboxylic acids is 1. The molecule has 1 aliphatic rings. The number of nitrogens with one attached hydrogen (secondary N) is 1. The maximum absolute atomic E-state index is 12.9. The molecule has 174 valence electrons. The number of thioether (sulfide) groups is 1. The molecule has 1 amide bonds. The molecule has 1 aromatic carbocycles. The zero-order chi connectivity index (χ0) is 23.9.